The van der Waals surface area contributed by atoms with Crippen LogP contribution in [0, 0.1) is 11.8 Å². The molecule has 0 radical (unpaired) electrons. The summed E-state index contributed by atoms with van der Waals surface area (Å²) in [4.78, 5) is 34.6. The van der Waals surface area contributed by atoms with Crippen molar-refractivity contribution in [1.82, 2.24) is 14.9 Å². The highest BCUT2D eigenvalue weighted by molar-refractivity contribution is 6.42. The lowest BCUT2D eigenvalue weighted by atomic mass is 9.79. The second-order valence-electron chi connectivity index (χ2n) is 8.44. The highest BCUT2D eigenvalue weighted by atomic mass is 35.5. The fourth-order valence-electron chi connectivity index (χ4n) is 4.30. The van der Waals surface area contributed by atoms with Crippen molar-refractivity contribution in [3.63, 3.8) is 0 Å². The van der Waals surface area contributed by atoms with Gasteiger partial charge in [0.15, 0.2) is 0 Å². The smallest absolute Gasteiger partial charge is 0.227 e. The van der Waals surface area contributed by atoms with Crippen molar-refractivity contribution in [2.75, 3.05) is 13.1 Å². The molecule has 0 aliphatic carbocycles. The van der Waals surface area contributed by atoms with Gasteiger partial charge in [-0.3, -0.25) is 9.59 Å². The van der Waals surface area contributed by atoms with E-state index < -0.39 is 23.3 Å². The zero-order valence-corrected chi connectivity index (χ0v) is 19.3. The van der Waals surface area contributed by atoms with Crippen LogP contribution in [0.15, 0.2) is 61.1 Å². The first kappa shape index (κ1) is 23.3. The minimum atomic E-state index is -1.11. The zero-order valence-electron chi connectivity index (χ0n) is 17.7. The highest BCUT2D eigenvalue weighted by Crippen LogP contribution is 2.35. The quantitative estimate of drug-likeness (QED) is 0.454. The summed E-state index contributed by atoms with van der Waals surface area (Å²) in [6.45, 7) is 0.284. The van der Waals surface area contributed by atoms with E-state index in [2.05, 4.69) is 9.97 Å². The van der Waals surface area contributed by atoms with Crippen LogP contribution >= 0.6 is 23.2 Å². The summed E-state index contributed by atoms with van der Waals surface area (Å²) in [5, 5.41) is 11.7. The van der Waals surface area contributed by atoms with Gasteiger partial charge < -0.3 is 20.7 Å². The molecule has 2 atom stereocenters. The number of aliphatic hydroxyl groups is 1. The Hall–Kier alpha value is -2.87. The van der Waals surface area contributed by atoms with Crippen molar-refractivity contribution in [2.45, 2.75) is 18.4 Å². The van der Waals surface area contributed by atoms with Crippen LogP contribution in [0.2, 0.25) is 10.0 Å². The lowest BCUT2D eigenvalue weighted by Gasteiger charge is -2.48. The number of benzene rings is 2. The largest absolute Gasteiger partial charge is 0.381 e. The van der Waals surface area contributed by atoms with Crippen molar-refractivity contribution in [1.29, 1.82) is 0 Å². The van der Waals surface area contributed by atoms with E-state index in [9.17, 15) is 14.7 Å². The number of primary amides is 1. The molecule has 1 aromatic heterocycles. The van der Waals surface area contributed by atoms with Crippen LogP contribution < -0.4 is 5.73 Å². The van der Waals surface area contributed by atoms with E-state index in [1.54, 1.807) is 29.3 Å². The van der Waals surface area contributed by atoms with E-state index >= 15 is 0 Å². The monoisotopic (exact) mass is 486 g/mol. The average Bonchev–Trinajstić information content (AvgIpc) is 3.29. The maximum atomic E-state index is 13.6. The van der Waals surface area contributed by atoms with Gasteiger partial charge in [0.1, 0.15) is 5.60 Å². The number of aromatic amines is 1. The molecule has 2 heterocycles. The van der Waals surface area contributed by atoms with E-state index in [1.165, 1.54) is 6.33 Å². The number of amides is 2. The second kappa shape index (κ2) is 9.55. The van der Waals surface area contributed by atoms with Crippen LogP contribution in [0.4, 0.5) is 0 Å². The molecule has 1 aliphatic rings. The lowest BCUT2D eigenvalue weighted by molar-refractivity contribution is -0.164. The minimum Gasteiger partial charge on any atom is -0.381 e. The Balaban J connectivity index is 1.59. The number of likely N-dealkylation sites (tertiary alicyclic amines) is 1. The number of rotatable bonds is 8. The number of aromatic nitrogens is 2. The summed E-state index contributed by atoms with van der Waals surface area (Å²) in [6, 6.07) is 14.4. The molecule has 0 bridgehead atoms. The SMILES string of the molecule is NC(=O)C(Cc1cnc[nH]1)[C@@H](Cc1ccc(Cl)c(Cl)c1)C(=O)N1CC(O)(c2ccccc2)C1. The predicted molar refractivity (Wildman–Crippen MR) is 126 cm³/mol. The molecular weight excluding hydrogens is 463 g/mol. The number of hydrogen-bond donors (Lipinski definition) is 3. The van der Waals surface area contributed by atoms with E-state index in [0.717, 1.165) is 11.1 Å². The third kappa shape index (κ3) is 5.05. The Labute approximate surface area is 201 Å². The van der Waals surface area contributed by atoms with Crippen LogP contribution in [0.25, 0.3) is 0 Å². The first-order chi connectivity index (χ1) is 15.8. The first-order valence-corrected chi connectivity index (χ1v) is 11.3. The summed E-state index contributed by atoms with van der Waals surface area (Å²) in [6.07, 6.45) is 3.61. The summed E-state index contributed by atoms with van der Waals surface area (Å²) < 4.78 is 0. The Morgan fingerprint density at radius 1 is 1.09 bits per heavy atom. The number of hydrogen-bond acceptors (Lipinski definition) is 4. The third-order valence-electron chi connectivity index (χ3n) is 6.13. The fourth-order valence-corrected chi connectivity index (χ4v) is 4.62. The molecule has 7 nitrogen and oxygen atoms in total. The van der Waals surface area contributed by atoms with Gasteiger partial charge in [0.2, 0.25) is 11.8 Å². The summed E-state index contributed by atoms with van der Waals surface area (Å²) in [5.41, 5.74) is 6.86. The van der Waals surface area contributed by atoms with Gasteiger partial charge in [0, 0.05) is 18.3 Å². The molecule has 1 unspecified atom stereocenters. The minimum absolute atomic E-state index is 0.142. The maximum Gasteiger partial charge on any atom is 0.227 e. The van der Waals surface area contributed by atoms with Gasteiger partial charge in [-0.05, 0) is 29.7 Å². The van der Waals surface area contributed by atoms with Crippen LogP contribution in [0.3, 0.4) is 0 Å². The topological polar surface area (TPSA) is 112 Å². The van der Waals surface area contributed by atoms with Gasteiger partial charge in [0.25, 0.3) is 0 Å². The standard InChI is InChI=1S/C24H24Cl2N4O3/c25-20-7-6-15(9-21(20)26)8-19(18(22(27)31)10-17-11-28-14-29-17)23(32)30-12-24(33,13-30)16-4-2-1-3-5-16/h1-7,9,11,14,18-19,33H,8,10,12-13H2,(H2,27,31)(H,28,29)/t18?,19-/m1/s1. The Morgan fingerprint density at radius 3 is 2.42 bits per heavy atom. The average molecular weight is 487 g/mol. The number of nitrogens with two attached hydrogens (primary N) is 1. The second-order valence-corrected chi connectivity index (χ2v) is 9.26. The normalized spacial score (nSPS) is 16.6. The Kier molecular flexibility index (Phi) is 6.74. The van der Waals surface area contributed by atoms with Crippen molar-refractivity contribution < 1.29 is 14.7 Å². The molecule has 4 rings (SSSR count). The molecule has 4 N–H and O–H groups in total. The summed E-state index contributed by atoms with van der Waals surface area (Å²) in [5.74, 6) is -2.35. The number of imidazole rings is 1. The lowest BCUT2D eigenvalue weighted by Crippen LogP contribution is -2.63. The van der Waals surface area contributed by atoms with Crippen molar-refractivity contribution >= 4 is 35.0 Å². The summed E-state index contributed by atoms with van der Waals surface area (Å²) >= 11 is 12.2. The molecule has 3 aromatic rings. The molecule has 172 valence electrons. The third-order valence-corrected chi connectivity index (χ3v) is 6.87. The van der Waals surface area contributed by atoms with Gasteiger partial charge in [-0.1, -0.05) is 59.6 Å². The number of β-amino-alcohol motifs (C(OH)–C–C–N with tert-alkyl or cyclic N) is 1. The molecule has 0 saturated carbocycles. The molecule has 9 heteroatoms. The molecule has 1 saturated heterocycles. The van der Waals surface area contributed by atoms with Crippen LogP contribution in [0.5, 0.6) is 0 Å². The molecule has 1 aliphatic heterocycles. The number of nitrogens with one attached hydrogen (secondary N) is 1. The van der Waals surface area contributed by atoms with E-state index in [-0.39, 0.29) is 31.8 Å². The Bertz CT molecular complexity index is 1130. The molecule has 33 heavy (non-hydrogen) atoms. The van der Waals surface area contributed by atoms with Gasteiger partial charge in [-0.15, -0.1) is 0 Å². The molecular formula is C24H24Cl2N4O3. The fraction of sp³-hybridized carbons (Fsp3) is 0.292. The van der Waals surface area contributed by atoms with Gasteiger partial charge in [-0.25, -0.2) is 4.98 Å². The number of nitrogens with zero attached hydrogens (tertiary/aromatic N) is 2. The summed E-state index contributed by atoms with van der Waals surface area (Å²) in [7, 11) is 0. The zero-order chi connectivity index (χ0) is 23.6. The van der Waals surface area contributed by atoms with Crippen molar-refractivity contribution in [3.05, 3.63) is 87.9 Å². The number of H-pyrrole nitrogens is 1. The van der Waals surface area contributed by atoms with Crippen LogP contribution in [0.1, 0.15) is 16.8 Å². The van der Waals surface area contributed by atoms with Crippen LogP contribution in [-0.2, 0) is 28.0 Å². The predicted octanol–water partition coefficient (Wildman–Crippen LogP) is 2.95. The van der Waals surface area contributed by atoms with Gasteiger partial charge >= 0.3 is 0 Å². The van der Waals surface area contributed by atoms with Gasteiger partial charge in [0.05, 0.1) is 41.3 Å². The van der Waals surface area contributed by atoms with E-state index in [0.29, 0.717) is 15.7 Å². The first-order valence-electron chi connectivity index (χ1n) is 10.5. The molecule has 0 spiro atoms. The van der Waals surface area contributed by atoms with Gasteiger partial charge in [-0.2, -0.15) is 0 Å². The molecule has 1 fully saturated rings. The van der Waals surface area contributed by atoms with Crippen LogP contribution in [-0.4, -0.2) is 44.9 Å². The van der Waals surface area contributed by atoms with E-state index in [4.69, 9.17) is 28.9 Å². The van der Waals surface area contributed by atoms with E-state index in [1.807, 2.05) is 30.3 Å². The van der Waals surface area contributed by atoms with Crippen molar-refractivity contribution in [2.24, 2.45) is 17.6 Å². The molecule has 2 amide bonds. The number of carbonyl (C=O) groups is 2. The molecule has 2 aromatic carbocycles. The Morgan fingerprint density at radius 2 is 1.82 bits per heavy atom. The number of carbonyl (C=O) groups excluding carboxylic acids is 2. The number of halogens is 2. The van der Waals surface area contributed by atoms with Crippen molar-refractivity contribution in [3.8, 4) is 0 Å². The highest BCUT2D eigenvalue weighted by Gasteiger charge is 2.48. The maximum absolute atomic E-state index is 13.6.